The van der Waals surface area contributed by atoms with Gasteiger partial charge < -0.3 is 9.30 Å². The van der Waals surface area contributed by atoms with E-state index in [0.29, 0.717) is 17.2 Å². The van der Waals surface area contributed by atoms with E-state index in [9.17, 15) is 1.37 Å². The first-order valence-corrected chi connectivity index (χ1v) is 15.6. The van der Waals surface area contributed by atoms with Gasteiger partial charge in [0.2, 0.25) is 0 Å². The lowest BCUT2D eigenvalue weighted by Crippen LogP contribution is -1.98. The normalized spacial score (nSPS) is 13.1. The highest BCUT2D eigenvalue weighted by Crippen LogP contribution is 2.39. The Morgan fingerprint density at radius 2 is 1.19 bits per heavy atom. The van der Waals surface area contributed by atoms with Crippen molar-refractivity contribution in [2.24, 2.45) is 0 Å². The van der Waals surface area contributed by atoms with Crippen LogP contribution in [0.5, 0.6) is 11.5 Å². The van der Waals surface area contributed by atoms with Gasteiger partial charge in [-0.15, -0.1) is 0 Å². The van der Waals surface area contributed by atoms with Crippen LogP contribution in [-0.4, -0.2) is 14.5 Å². The zero-order chi connectivity index (χ0) is 37.1. The van der Waals surface area contributed by atoms with Crippen LogP contribution in [0, 0.1) is 0 Å². The second-order valence-electron chi connectivity index (χ2n) is 11.4. The first kappa shape index (κ1) is 22.1. The molecule has 0 aliphatic rings. The van der Waals surface area contributed by atoms with Gasteiger partial charge >= 0.3 is 0 Å². The lowest BCUT2D eigenvalue weighted by Gasteiger charge is -2.15. The molecule has 2 heterocycles. The maximum Gasteiger partial charge on any atom is 0.160 e. The predicted molar refractivity (Wildman–Crippen MR) is 197 cm³/mol. The smallest absolute Gasteiger partial charge is 0.160 e. The summed E-state index contributed by atoms with van der Waals surface area (Å²) >= 11 is 0. The lowest BCUT2D eigenvalue weighted by atomic mass is 10.1. The number of hydrogen-bond donors (Lipinski definition) is 0. The number of hydrogen-bond acceptors (Lipinski definition) is 3. The molecule has 0 unspecified atom stereocenters. The maximum atomic E-state index is 9.18. The van der Waals surface area contributed by atoms with Crippen LogP contribution in [0.2, 0.25) is 0 Å². The van der Waals surface area contributed by atoms with Crippen LogP contribution in [0.4, 0.5) is 0 Å². The number of fused-ring (bicyclic) bond motifs is 4. The highest BCUT2D eigenvalue weighted by Gasteiger charge is 2.17. The molecule has 0 saturated heterocycles. The Morgan fingerprint density at radius 1 is 0.500 bits per heavy atom. The Balaban J connectivity index is 1.22. The first-order chi connectivity index (χ1) is 26.3. The van der Waals surface area contributed by atoms with Gasteiger partial charge in [0.25, 0.3) is 0 Å². The highest BCUT2D eigenvalue weighted by molar-refractivity contribution is 6.13. The van der Waals surface area contributed by atoms with Crippen LogP contribution in [-0.2, 0) is 0 Å². The van der Waals surface area contributed by atoms with E-state index >= 15 is 0 Å². The molecule has 226 valence electrons. The molecule has 0 saturated carbocycles. The maximum absolute atomic E-state index is 9.18. The quantitative estimate of drug-likeness (QED) is 0.185. The van der Waals surface area contributed by atoms with Crippen LogP contribution in [0.3, 0.4) is 0 Å². The number of ether oxygens (including phenoxy) is 1. The summed E-state index contributed by atoms with van der Waals surface area (Å²) in [5, 5.41) is 3.92. The molecule has 0 atom stereocenters. The average Bonchev–Trinajstić information content (AvgIpc) is 3.51. The van der Waals surface area contributed by atoms with Crippen molar-refractivity contribution >= 4 is 32.6 Å². The van der Waals surface area contributed by atoms with Crippen molar-refractivity contribution in [2.45, 2.75) is 0 Å². The fraction of sp³-hybridized carbons (Fsp3) is 0. The minimum absolute atomic E-state index is 0.0524. The average molecular weight is 622 g/mol. The SMILES string of the molecule is [2H]c1cc(Oc2cc([2H])c(-c3cc(-c4ccccc4)nc(-c4ccccc4)n3)c([2H])c2[2H])c(-n2c3ccccc3c3cc4ccccc4cc32)c([2H])c1[2H]. The van der Waals surface area contributed by atoms with E-state index in [4.69, 9.17) is 21.6 Å². The van der Waals surface area contributed by atoms with Crippen LogP contribution in [0.15, 0.2) is 176 Å². The summed E-state index contributed by atoms with van der Waals surface area (Å²) in [6.07, 6.45) is 0. The summed E-state index contributed by atoms with van der Waals surface area (Å²) in [5.74, 6) is 0.373. The second-order valence-corrected chi connectivity index (χ2v) is 11.4. The number of nitrogens with zero attached hydrogens (tertiary/aromatic N) is 3. The van der Waals surface area contributed by atoms with E-state index in [1.54, 1.807) is 6.07 Å². The zero-order valence-electron chi connectivity index (χ0n) is 31.5. The van der Waals surface area contributed by atoms with Crippen molar-refractivity contribution in [3.8, 4) is 51.1 Å². The van der Waals surface area contributed by atoms with Crippen molar-refractivity contribution in [3.05, 3.63) is 176 Å². The molecule has 4 heteroatoms. The summed E-state index contributed by atoms with van der Waals surface area (Å²) in [6, 6.07) is 42.1. The molecule has 7 aromatic carbocycles. The minimum atomic E-state index is -0.297. The van der Waals surface area contributed by atoms with Gasteiger partial charge in [-0.25, -0.2) is 9.97 Å². The third-order valence-electron chi connectivity index (χ3n) is 8.42. The predicted octanol–water partition coefficient (Wildman–Crippen LogP) is 11.5. The van der Waals surface area contributed by atoms with Gasteiger partial charge in [-0.05, 0) is 71.3 Å². The van der Waals surface area contributed by atoms with Gasteiger partial charge in [0.15, 0.2) is 11.6 Å². The summed E-state index contributed by atoms with van der Waals surface area (Å²) in [6.45, 7) is 0. The largest absolute Gasteiger partial charge is 0.455 e. The summed E-state index contributed by atoms with van der Waals surface area (Å²) in [4.78, 5) is 9.60. The van der Waals surface area contributed by atoms with Gasteiger partial charge in [-0.2, -0.15) is 0 Å². The van der Waals surface area contributed by atoms with Crippen LogP contribution < -0.4 is 4.74 Å². The van der Waals surface area contributed by atoms with Crippen molar-refractivity contribution < 1.29 is 13.0 Å². The molecular weight excluding hydrogens is 587 g/mol. The molecule has 0 bridgehead atoms. The molecule has 9 rings (SSSR count). The molecule has 4 nitrogen and oxygen atoms in total. The van der Waals surface area contributed by atoms with Crippen molar-refractivity contribution in [1.82, 2.24) is 14.5 Å². The standard InChI is InChI=1S/C44H29N3O/c1-3-13-30(14-4-1)38-29-39(46-44(45-38)32-15-5-2-6-16-32)31-23-25-35(26-24-31)48-43-22-12-11-21-41(43)47-40-20-10-9-19-36(40)37-27-33-17-7-8-18-34(33)28-42(37)47/h1-29H/i11D,12D,21D,23D,24D,25D. The lowest BCUT2D eigenvalue weighted by molar-refractivity contribution is 0.481. The molecule has 0 fully saturated rings. The summed E-state index contributed by atoms with van der Waals surface area (Å²) in [5.41, 5.74) is 4.43. The summed E-state index contributed by atoms with van der Waals surface area (Å²) < 4.78 is 62.1. The summed E-state index contributed by atoms with van der Waals surface area (Å²) in [7, 11) is 0. The zero-order valence-corrected chi connectivity index (χ0v) is 25.5. The third-order valence-corrected chi connectivity index (χ3v) is 8.42. The topological polar surface area (TPSA) is 39.9 Å². The Kier molecular flexibility index (Phi) is 5.38. The van der Waals surface area contributed by atoms with Crippen LogP contribution in [0.25, 0.3) is 72.2 Å². The minimum Gasteiger partial charge on any atom is -0.455 e. The Hall–Kier alpha value is -6.52. The van der Waals surface area contributed by atoms with E-state index in [2.05, 4.69) is 6.07 Å². The molecule has 48 heavy (non-hydrogen) atoms. The highest BCUT2D eigenvalue weighted by atomic mass is 16.5. The van der Waals surface area contributed by atoms with E-state index in [-0.39, 0.29) is 59.0 Å². The van der Waals surface area contributed by atoms with E-state index in [1.165, 1.54) is 12.1 Å². The monoisotopic (exact) mass is 621 g/mol. The Bertz CT molecular complexity index is 2870. The molecule has 0 N–H and O–H groups in total. The first-order valence-electron chi connectivity index (χ1n) is 18.6. The van der Waals surface area contributed by atoms with Crippen molar-refractivity contribution in [3.63, 3.8) is 0 Å². The van der Waals surface area contributed by atoms with Gasteiger partial charge in [0.05, 0.1) is 36.3 Å². The van der Waals surface area contributed by atoms with Gasteiger partial charge in [-0.3, -0.25) is 0 Å². The molecule has 0 aliphatic heterocycles. The van der Waals surface area contributed by atoms with Crippen molar-refractivity contribution in [2.75, 3.05) is 0 Å². The molecule has 0 spiro atoms. The van der Waals surface area contributed by atoms with Crippen molar-refractivity contribution in [1.29, 1.82) is 0 Å². The van der Waals surface area contributed by atoms with Gasteiger partial charge in [0.1, 0.15) is 5.75 Å². The molecule has 9 aromatic rings. The fourth-order valence-corrected chi connectivity index (χ4v) is 6.16. The number of aromatic nitrogens is 3. The van der Waals surface area contributed by atoms with E-state index in [0.717, 1.165) is 43.7 Å². The van der Waals surface area contributed by atoms with E-state index in [1.807, 2.05) is 120 Å². The van der Waals surface area contributed by atoms with Gasteiger partial charge in [0, 0.05) is 27.5 Å². The fourth-order valence-electron chi connectivity index (χ4n) is 6.16. The molecule has 0 radical (unpaired) electrons. The Morgan fingerprint density at radius 3 is 2.00 bits per heavy atom. The van der Waals surface area contributed by atoms with E-state index < -0.39 is 0 Å². The molecule has 0 aliphatic carbocycles. The number of benzene rings is 7. The van der Waals surface area contributed by atoms with Crippen LogP contribution in [0.1, 0.15) is 8.22 Å². The molecule has 2 aromatic heterocycles. The third kappa shape index (κ3) is 4.97. The second kappa shape index (κ2) is 11.7. The number of rotatable bonds is 6. The molecular formula is C44H29N3O. The molecule has 0 amide bonds. The number of para-hydroxylation sites is 3. The van der Waals surface area contributed by atoms with Crippen LogP contribution >= 0.6 is 0 Å². The Labute approximate surface area is 286 Å². The van der Waals surface area contributed by atoms with Gasteiger partial charge in [-0.1, -0.05) is 115 Å².